The number of aryl methyl sites for hydroxylation is 1. The molecule has 0 amide bonds. The third-order valence-electron chi connectivity index (χ3n) is 2.41. The van der Waals surface area contributed by atoms with Crippen molar-refractivity contribution in [1.29, 1.82) is 0 Å². The molecule has 0 aromatic heterocycles. The van der Waals surface area contributed by atoms with Crippen molar-refractivity contribution in [3.05, 3.63) is 54.4 Å². The average molecular weight is 202 g/mol. The van der Waals surface area contributed by atoms with E-state index in [1.807, 2.05) is 24.1 Å². The normalized spacial score (nSPS) is 11.2. The molecule has 0 aliphatic carbocycles. The lowest BCUT2D eigenvalue weighted by atomic mass is 10.1. The average Bonchev–Trinajstić information content (AvgIpc) is 2.28. The smallest absolute Gasteiger partial charge is 0.103 e. The Morgan fingerprint density at radius 1 is 1.47 bits per heavy atom. The topological polar surface area (TPSA) is 29.3 Å². The van der Waals surface area contributed by atoms with Gasteiger partial charge in [0, 0.05) is 12.7 Å². The highest BCUT2D eigenvalue weighted by molar-refractivity contribution is 5.57. The monoisotopic (exact) mass is 202 g/mol. The predicted octanol–water partition coefficient (Wildman–Crippen LogP) is 2.67. The standard InChI is InChI=1S/C13H18N2/c1-4-8-13(14)15(3)12-10-7-6-9-11(12)5-2/h4,6-10H,1,5,14H2,2-3H3/b13-8-. The zero-order valence-electron chi connectivity index (χ0n) is 9.40. The summed E-state index contributed by atoms with van der Waals surface area (Å²) in [6.07, 6.45) is 4.49. The zero-order chi connectivity index (χ0) is 11.3. The van der Waals surface area contributed by atoms with Gasteiger partial charge in [0.1, 0.15) is 5.82 Å². The van der Waals surface area contributed by atoms with E-state index in [1.54, 1.807) is 12.2 Å². The second-order valence-corrected chi connectivity index (χ2v) is 3.37. The van der Waals surface area contributed by atoms with Gasteiger partial charge in [0.25, 0.3) is 0 Å². The number of allylic oxidation sites excluding steroid dienone is 2. The van der Waals surface area contributed by atoms with E-state index in [4.69, 9.17) is 5.73 Å². The number of nitrogens with two attached hydrogens (primary N) is 1. The van der Waals surface area contributed by atoms with Crippen LogP contribution in [-0.2, 0) is 6.42 Å². The molecule has 2 heteroatoms. The summed E-state index contributed by atoms with van der Waals surface area (Å²) >= 11 is 0. The Morgan fingerprint density at radius 3 is 2.73 bits per heavy atom. The summed E-state index contributed by atoms with van der Waals surface area (Å²) in [6, 6.07) is 8.26. The van der Waals surface area contributed by atoms with Gasteiger partial charge in [0.05, 0.1) is 0 Å². The predicted molar refractivity (Wildman–Crippen MR) is 66.7 cm³/mol. The number of anilines is 1. The first-order chi connectivity index (χ1) is 7.20. The van der Waals surface area contributed by atoms with Crippen molar-refractivity contribution >= 4 is 5.69 Å². The molecule has 2 N–H and O–H groups in total. The van der Waals surface area contributed by atoms with Crippen LogP contribution in [0.5, 0.6) is 0 Å². The number of para-hydroxylation sites is 1. The minimum absolute atomic E-state index is 0.700. The Balaban J connectivity index is 3.04. The summed E-state index contributed by atoms with van der Waals surface area (Å²) in [7, 11) is 1.96. The van der Waals surface area contributed by atoms with E-state index in [1.165, 1.54) is 5.56 Å². The fraction of sp³-hybridized carbons (Fsp3) is 0.231. The highest BCUT2D eigenvalue weighted by Crippen LogP contribution is 2.21. The SMILES string of the molecule is C=C/C=C(/N)N(C)c1ccccc1CC. The van der Waals surface area contributed by atoms with E-state index in [-0.39, 0.29) is 0 Å². The molecule has 0 spiro atoms. The van der Waals surface area contributed by atoms with Crippen LogP contribution in [0.15, 0.2) is 48.8 Å². The van der Waals surface area contributed by atoms with Gasteiger partial charge in [0.2, 0.25) is 0 Å². The van der Waals surface area contributed by atoms with Crippen LogP contribution in [0.2, 0.25) is 0 Å². The van der Waals surface area contributed by atoms with Crippen molar-refractivity contribution in [3.8, 4) is 0 Å². The Labute approximate surface area is 91.7 Å². The van der Waals surface area contributed by atoms with Crippen molar-refractivity contribution in [2.45, 2.75) is 13.3 Å². The number of hydrogen-bond acceptors (Lipinski definition) is 2. The molecule has 0 saturated carbocycles. The van der Waals surface area contributed by atoms with Crippen LogP contribution < -0.4 is 10.6 Å². The minimum Gasteiger partial charge on any atom is -0.385 e. The molecule has 0 atom stereocenters. The largest absolute Gasteiger partial charge is 0.385 e. The van der Waals surface area contributed by atoms with Crippen LogP contribution >= 0.6 is 0 Å². The maximum absolute atomic E-state index is 5.90. The van der Waals surface area contributed by atoms with Gasteiger partial charge in [-0.05, 0) is 24.1 Å². The number of nitrogens with zero attached hydrogens (tertiary/aromatic N) is 1. The fourth-order valence-corrected chi connectivity index (χ4v) is 1.51. The van der Waals surface area contributed by atoms with Gasteiger partial charge in [-0.3, -0.25) is 0 Å². The molecule has 80 valence electrons. The summed E-state index contributed by atoms with van der Waals surface area (Å²) in [5.74, 6) is 0.700. The molecule has 0 heterocycles. The summed E-state index contributed by atoms with van der Waals surface area (Å²) in [4.78, 5) is 1.97. The van der Waals surface area contributed by atoms with Crippen LogP contribution in [0.1, 0.15) is 12.5 Å². The molecular formula is C13H18N2. The first kappa shape index (κ1) is 11.4. The van der Waals surface area contributed by atoms with Crippen molar-refractivity contribution in [3.63, 3.8) is 0 Å². The van der Waals surface area contributed by atoms with Crippen molar-refractivity contribution in [2.24, 2.45) is 5.73 Å². The second-order valence-electron chi connectivity index (χ2n) is 3.37. The molecule has 1 aromatic rings. The molecule has 1 aromatic carbocycles. The first-order valence-corrected chi connectivity index (χ1v) is 5.10. The summed E-state index contributed by atoms with van der Waals surface area (Å²) in [6.45, 7) is 5.78. The lowest BCUT2D eigenvalue weighted by molar-refractivity contribution is 1.02. The summed E-state index contributed by atoms with van der Waals surface area (Å²) in [5, 5.41) is 0. The van der Waals surface area contributed by atoms with Crippen molar-refractivity contribution < 1.29 is 0 Å². The molecule has 0 bridgehead atoms. The molecule has 0 fully saturated rings. The minimum atomic E-state index is 0.700. The molecule has 15 heavy (non-hydrogen) atoms. The molecule has 2 nitrogen and oxygen atoms in total. The second kappa shape index (κ2) is 5.25. The van der Waals surface area contributed by atoms with Crippen LogP contribution in [0, 0.1) is 0 Å². The van der Waals surface area contributed by atoms with Crippen LogP contribution in [0.4, 0.5) is 5.69 Å². The van der Waals surface area contributed by atoms with E-state index < -0.39 is 0 Å². The van der Waals surface area contributed by atoms with Crippen LogP contribution in [-0.4, -0.2) is 7.05 Å². The summed E-state index contributed by atoms with van der Waals surface area (Å²) in [5.41, 5.74) is 8.34. The maximum Gasteiger partial charge on any atom is 0.103 e. The third kappa shape index (κ3) is 2.62. The first-order valence-electron chi connectivity index (χ1n) is 5.10. The molecular weight excluding hydrogens is 184 g/mol. The van der Waals surface area contributed by atoms with Gasteiger partial charge in [-0.25, -0.2) is 0 Å². The van der Waals surface area contributed by atoms with Gasteiger partial charge in [-0.15, -0.1) is 0 Å². The van der Waals surface area contributed by atoms with E-state index in [0.717, 1.165) is 12.1 Å². The Hall–Kier alpha value is -1.70. The highest BCUT2D eigenvalue weighted by atomic mass is 15.2. The highest BCUT2D eigenvalue weighted by Gasteiger charge is 2.06. The Bertz CT molecular complexity index is 367. The molecule has 1 rings (SSSR count). The lowest BCUT2D eigenvalue weighted by Gasteiger charge is -2.22. The van der Waals surface area contributed by atoms with E-state index in [0.29, 0.717) is 5.82 Å². The maximum atomic E-state index is 5.90. The van der Waals surface area contributed by atoms with Gasteiger partial charge >= 0.3 is 0 Å². The summed E-state index contributed by atoms with van der Waals surface area (Å²) < 4.78 is 0. The van der Waals surface area contributed by atoms with E-state index in [9.17, 15) is 0 Å². The van der Waals surface area contributed by atoms with Gasteiger partial charge in [0.15, 0.2) is 0 Å². The molecule has 0 aliphatic heterocycles. The molecule has 0 unspecified atom stereocenters. The van der Waals surface area contributed by atoms with Gasteiger partial charge in [-0.1, -0.05) is 37.8 Å². The van der Waals surface area contributed by atoms with E-state index >= 15 is 0 Å². The Kier molecular flexibility index (Phi) is 3.98. The molecule has 0 aliphatic rings. The number of rotatable bonds is 4. The van der Waals surface area contributed by atoms with Gasteiger partial charge < -0.3 is 10.6 Å². The van der Waals surface area contributed by atoms with Gasteiger partial charge in [-0.2, -0.15) is 0 Å². The Morgan fingerprint density at radius 2 is 2.13 bits per heavy atom. The van der Waals surface area contributed by atoms with E-state index in [2.05, 4.69) is 25.6 Å². The zero-order valence-corrected chi connectivity index (χ0v) is 9.40. The van der Waals surface area contributed by atoms with Crippen molar-refractivity contribution in [1.82, 2.24) is 0 Å². The van der Waals surface area contributed by atoms with Crippen LogP contribution in [0.3, 0.4) is 0 Å². The quantitative estimate of drug-likeness (QED) is 0.761. The van der Waals surface area contributed by atoms with Crippen molar-refractivity contribution in [2.75, 3.05) is 11.9 Å². The number of benzene rings is 1. The third-order valence-corrected chi connectivity index (χ3v) is 2.41. The lowest BCUT2D eigenvalue weighted by Crippen LogP contribution is -2.23. The number of hydrogen-bond donors (Lipinski definition) is 1. The molecule has 0 radical (unpaired) electrons. The molecule has 0 saturated heterocycles. The van der Waals surface area contributed by atoms with Crippen LogP contribution in [0.25, 0.3) is 0 Å². The fourth-order valence-electron chi connectivity index (χ4n) is 1.51.